The van der Waals surface area contributed by atoms with Crippen molar-refractivity contribution in [1.29, 1.82) is 0 Å². The number of nitrogens with zero attached hydrogens (tertiary/aromatic N) is 1. The zero-order valence-electron chi connectivity index (χ0n) is 14.9. The summed E-state index contributed by atoms with van der Waals surface area (Å²) >= 11 is 13.6. The molecule has 140 valence electrons. The summed E-state index contributed by atoms with van der Waals surface area (Å²) in [4.78, 5) is 14.2. The van der Waals surface area contributed by atoms with Crippen molar-refractivity contribution in [3.63, 3.8) is 0 Å². The summed E-state index contributed by atoms with van der Waals surface area (Å²) in [6, 6.07) is 22.6. The largest absolute Gasteiger partial charge is 0.338 e. The number of rotatable bonds is 4. The van der Waals surface area contributed by atoms with Gasteiger partial charge in [0.15, 0.2) is 0 Å². The SMILES string of the molecule is Cn1c(Sc2cccc(Cl)c2)c(C(=O)Nc2ccc(Cl)cc2)c2ccccc21. The Morgan fingerprint density at radius 3 is 2.43 bits per heavy atom. The first-order valence-electron chi connectivity index (χ1n) is 8.60. The lowest BCUT2D eigenvalue weighted by atomic mass is 10.1. The second-order valence-electron chi connectivity index (χ2n) is 6.28. The third-order valence-corrected chi connectivity index (χ3v) is 6.04. The van der Waals surface area contributed by atoms with Gasteiger partial charge in [-0.1, -0.05) is 59.2 Å². The smallest absolute Gasteiger partial charge is 0.259 e. The fourth-order valence-electron chi connectivity index (χ4n) is 3.08. The molecule has 4 aromatic rings. The average molecular weight is 427 g/mol. The van der Waals surface area contributed by atoms with Gasteiger partial charge in [-0.25, -0.2) is 0 Å². The maximum absolute atomic E-state index is 13.2. The van der Waals surface area contributed by atoms with Crippen molar-refractivity contribution < 1.29 is 4.79 Å². The first-order valence-corrected chi connectivity index (χ1v) is 10.2. The van der Waals surface area contributed by atoms with Crippen LogP contribution in [-0.4, -0.2) is 10.5 Å². The molecule has 0 fully saturated rings. The van der Waals surface area contributed by atoms with E-state index < -0.39 is 0 Å². The fraction of sp³-hybridized carbons (Fsp3) is 0.0455. The molecule has 1 N–H and O–H groups in total. The predicted octanol–water partition coefficient (Wildman–Crippen LogP) is 6.89. The zero-order valence-corrected chi connectivity index (χ0v) is 17.3. The monoisotopic (exact) mass is 426 g/mol. The van der Waals surface area contributed by atoms with E-state index in [0.717, 1.165) is 20.8 Å². The molecule has 1 aromatic heterocycles. The van der Waals surface area contributed by atoms with Gasteiger partial charge in [0.2, 0.25) is 0 Å². The van der Waals surface area contributed by atoms with Gasteiger partial charge in [-0.2, -0.15) is 0 Å². The molecule has 6 heteroatoms. The Morgan fingerprint density at radius 1 is 0.929 bits per heavy atom. The molecule has 1 amide bonds. The number of benzene rings is 3. The van der Waals surface area contributed by atoms with Crippen molar-refractivity contribution in [1.82, 2.24) is 4.57 Å². The molecule has 0 unspecified atom stereocenters. The maximum Gasteiger partial charge on any atom is 0.259 e. The number of aryl methyl sites for hydroxylation is 1. The lowest BCUT2D eigenvalue weighted by molar-refractivity contribution is 0.102. The molecule has 0 radical (unpaired) electrons. The number of carbonyl (C=O) groups excluding carboxylic acids is 1. The molecular weight excluding hydrogens is 411 g/mol. The van der Waals surface area contributed by atoms with Gasteiger partial charge in [0.25, 0.3) is 5.91 Å². The Bertz CT molecular complexity index is 1170. The first kappa shape index (κ1) is 18.9. The number of anilines is 1. The van der Waals surface area contributed by atoms with Crippen molar-refractivity contribution in [3.05, 3.63) is 88.4 Å². The molecule has 3 nitrogen and oxygen atoms in total. The molecule has 0 saturated carbocycles. The summed E-state index contributed by atoms with van der Waals surface area (Å²) in [7, 11) is 1.97. The molecule has 28 heavy (non-hydrogen) atoms. The lowest BCUT2D eigenvalue weighted by Gasteiger charge is -2.09. The van der Waals surface area contributed by atoms with E-state index in [1.807, 2.05) is 60.1 Å². The van der Waals surface area contributed by atoms with Gasteiger partial charge in [-0.05, 0) is 48.5 Å². The van der Waals surface area contributed by atoms with Crippen molar-refractivity contribution in [3.8, 4) is 0 Å². The van der Waals surface area contributed by atoms with Crippen LogP contribution in [0.5, 0.6) is 0 Å². The molecular formula is C22H16Cl2N2OS. The van der Waals surface area contributed by atoms with E-state index in [4.69, 9.17) is 23.2 Å². The number of nitrogens with one attached hydrogen (secondary N) is 1. The second-order valence-corrected chi connectivity index (χ2v) is 8.21. The number of hydrogen-bond acceptors (Lipinski definition) is 2. The second kappa shape index (κ2) is 7.92. The highest BCUT2D eigenvalue weighted by Gasteiger charge is 2.22. The van der Waals surface area contributed by atoms with E-state index in [2.05, 4.69) is 5.32 Å². The normalized spacial score (nSPS) is 11.0. The Balaban J connectivity index is 1.79. The minimum absolute atomic E-state index is 0.163. The minimum Gasteiger partial charge on any atom is -0.338 e. The van der Waals surface area contributed by atoms with Gasteiger partial charge in [0, 0.05) is 38.6 Å². The summed E-state index contributed by atoms with van der Waals surface area (Å²) in [6.45, 7) is 0. The standard InChI is InChI=1S/C22H16Cl2N2OS/c1-26-19-8-3-2-7-18(19)20(21(27)25-16-11-9-14(23)10-12-16)22(26)28-17-6-4-5-15(24)13-17/h2-13H,1H3,(H,25,27). The minimum atomic E-state index is -0.163. The number of aromatic nitrogens is 1. The molecule has 0 aliphatic rings. The topological polar surface area (TPSA) is 34.0 Å². The van der Waals surface area contributed by atoms with E-state index in [0.29, 0.717) is 21.3 Å². The van der Waals surface area contributed by atoms with Gasteiger partial charge < -0.3 is 9.88 Å². The Labute approximate surface area is 177 Å². The molecule has 0 bridgehead atoms. The van der Waals surface area contributed by atoms with Crippen LogP contribution < -0.4 is 5.32 Å². The number of carbonyl (C=O) groups is 1. The number of fused-ring (bicyclic) bond motifs is 1. The molecule has 1 heterocycles. The highest BCUT2D eigenvalue weighted by Crippen LogP contribution is 2.37. The maximum atomic E-state index is 13.2. The summed E-state index contributed by atoms with van der Waals surface area (Å²) < 4.78 is 2.04. The van der Waals surface area contributed by atoms with Gasteiger partial charge in [-0.15, -0.1) is 0 Å². The van der Waals surface area contributed by atoms with E-state index in [1.165, 1.54) is 11.8 Å². The van der Waals surface area contributed by atoms with E-state index in [-0.39, 0.29) is 5.91 Å². The van der Waals surface area contributed by atoms with Crippen molar-refractivity contribution >= 4 is 57.5 Å². The van der Waals surface area contributed by atoms with Crippen molar-refractivity contribution in [2.45, 2.75) is 9.92 Å². The lowest BCUT2D eigenvalue weighted by Crippen LogP contribution is -2.12. The number of amides is 1. The summed E-state index contributed by atoms with van der Waals surface area (Å²) in [5.74, 6) is -0.163. The third-order valence-electron chi connectivity index (χ3n) is 4.39. The molecule has 3 aromatic carbocycles. The highest BCUT2D eigenvalue weighted by molar-refractivity contribution is 7.99. The molecule has 0 atom stereocenters. The Kier molecular flexibility index (Phi) is 5.36. The molecule has 0 aliphatic carbocycles. The average Bonchev–Trinajstić information content (AvgIpc) is 2.96. The number of halogens is 2. The van der Waals surface area contributed by atoms with Crippen molar-refractivity contribution in [2.75, 3.05) is 5.32 Å². The number of hydrogen-bond donors (Lipinski definition) is 1. The highest BCUT2D eigenvalue weighted by atomic mass is 35.5. The predicted molar refractivity (Wildman–Crippen MR) is 118 cm³/mol. The molecule has 0 aliphatic heterocycles. The molecule has 0 spiro atoms. The van der Waals surface area contributed by atoms with E-state index in [9.17, 15) is 4.79 Å². The summed E-state index contributed by atoms with van der Waals surface area (Å²) in [6.07, 6.45) is 0. The Morgan fingerprint density at radius 2 is 1.68 bits per heavy atom. The van der Waals surface area contributed by atoms with E-state index >= 15 is 0 Å². The van der Waals surface area contributed by atoms with Gasteiger partial charge in [0.05, 0.1) is 10.6 Å². The van der Waals surface area contributed by atoms with Gasteiger partial charge in [-0.3, -0.25) is 4.79 Å². The molecule has 0 saturated heterocycles. The first-order chi connectivity index (χ1) is 13.5. The van der Waals surface area contributed by atoms with Crippen LogP contribution in [0.3, 0.4) is 0 Å². The fourth-order valence-corrected chi connectivity index (χ4v) is 4.55. The van der Waals surface area contributed by atoms with Gasteiger partial charge >= 0.3 is 0 Å². The van der Waals surface area contributed by atoms with E-state index in [1.54, 1.807) is 24.3 Å². The van der Waals surface area contributed by atoms with Crippen LogP contribution in [-0.2, 0) is 7.05 Å². The summed E-state index contributed by atoms with van der Waals surface area (Å²) in [5.41, 5.74) is 2.33. The van der Waals surface area contributed by atoms with Crippen LogP contribution in [0.1, 0.15) is 10.4 Å². The zero-order chi connectivity index (χ0) is 19.7. The van der Waals surface area contributed by atoms with Crippen LogP contribution in [0.25, 0.3) is 10.9 Å². The quantitative estimate of drug-likeness (QED) is 0.385. The molecule has 4 rings (SSSR count). The van der Waals surface area contributed by atoms with Gasteiger partial charge in [0.1, 0.15) is 0 Å². The third kappa shape index (κ3) is 3.76. The van der Waals surface area contributed by atoms with Crippen LogP contribution in [0.15, 0.2) is 82.7 Å². The van der Waals surface area contributed by atoms with Crippen LogP contribution in [0, 0.1) is 0 Å². The summed E-state index contributed by atoms with van der Waals surface area (Å²) in [5, 5.41) is 6.03. The van der Waals surface area contributed by atoms with Crippen LogP contribution in [0.4, 0.5) is 5.69 Å². The van der Waals surface area contributed by atoms with Crippen LogP contribution >= 0.6 is 35.0 Å². The van der Waals surface area contributed by atoms with Crippen LogP contribution in [0.2, 0.25) is 10.0 Å². The van der Waals surface area contributed by atoms with Crippen molar-refractivity contribution in [2.24, 2.45) is 7.05 Å². The number of para-hydroxylation sites is 1. The Hall–Kier alpha value is -2.40.